The molecule has 0 fully saturated rings. The molecular formula is C17H20N2O. The average Bonchev–Trinajstić information content (AvgIpc) is 2.46. The van der Waals surface area contributed by atoms with Gasteiger partial charge < -0.3 is 15.7 Å². The maximum atomic E-state index is 9.57. The Balaban J connectivity index is 1.71. The second-order valence-corrected chi connectivity index (χ2v) is 5.39. The molecule has 0 saturated heterocycles. The highest BCUT2D eigenvalue weighted by molar-refractivity contribution is 5.46. The van der Waals surface area contributed by atoms with E-state index in [0.29, 0.717) is 11.8 Å². The minimum atomic E-state index is 0.292. The van der Waals surface area contributed by atoms with Crippen LogP contribution in [0, 0.1) is 6.92 Å². The van der Waals surface area contributed by atoms with Crippen molar-refractivity contribution >= 4 is 5.69 Å². The fourth-order valence-electron chi connectivity index (χ4n) is 2.71. The third kappa shape index (κ3) is 2.78. The van der Waals surface area contributed by atoms with Crippen molar-refractivity contribution in [2.45, 2.75) is 19.4 Å². The average molecular weight is 268 g/mol. The number of hydrogen-bond donors (Lipinski definition) is 3. The van der Waals surface area contributed by atoms with Crippen LogP contribution in [-0.2, 0) is 6.42 Å². The zero-order valence-electron chi connectivity index (χ0n) is 11.7. The molecule has 3 rings (SSSR count). The summed E-state index contributed by atoms with van der Waals surface area (Å²) in [5, 5.41) is 16.6. The summed E-state index contributed by atoms with van der Waals surface area (Å²) in [6.07, 6.45) is 0.977. The molecule has 0 saturated carbocycles. The highest BCUT2D eigenvalue weighted by atomic mass is 16.3. The second-order valence-electron chi connectivity index (χ2n) is 5.39. The van der Waals surface area contributed by atoms with Crippen LogP contribution >= 0.6 is 0 Å². The van der Waals surface area contributed by atoms with Gasteiger partial charge in [-0.3, -0.25) is 0 Å². The molecule has 0 radical (unpaired) electrons. The van der Waals surface area contributed by atoms with Crippen LogP contribution in [0.1, 0.15) is 22.7 Å². The molecule has 0 aromatic heterocycles. The van der Waals surface area contributed by atoms with Gasteiger partial charge in [0.25, 0.3) is 0 Å². The van der Waals surface area contributed by atoms with E-state index in [-0.39, 0.29) is 0 Å². The summed E-state index contributed by atoms with van der Waals surface area (Å²) in [6.45, 7) is 3.90. The second kappa shape index (κ2) is 5.55. The standard InChI is InChI=1S/C17H20N2O/c1-12-2-4-14(5-3-12)19-11-17-16-7-6-15(20)10-13(16)8-9-18-17/h2-7,10,17-20H,8-9,11H2,1H3. The Labute approximate surface area is 119 Å². The lowest BCUT2D eigenvalue weighted by atomic mass is 9.94. The Hall–Kier alpha value is -2.00. The van der Waals surface area contributed by atoms with Crippen molar-refractivity contribution in [3.05, 3.63) is 59.2 Å². The van der Waals surface area contributed by atoms with Gasteiger partial charge in [0, 0.05) is 18.3 Å². The number of aromatic hydroxyl groups is 1. The molecule has 0 aliphatic carbocycles. The van der Waals surface area contributed by atoms with Crippen LogP contribution in [0.15, 0.2) is 42.5 Å². The fourth-order valence-corrected chi connectivity index (χ4v) is 2.71. The molecule has 0 spiro atoms. The van der Waals surface area contributed by atoms with E-state index in [4.69, 9.17) is 0 Å². The van der Waals surface area contributed by atoms with Crippen molar-refractivity contribution in [3.8, 4) is 5.75 Å². The molecular weight excluding hydrogens is 248 g/mol. The lowest BCUT2D eigenvalue weighted by Gasteiger charge is -2.27. The van der Waals surface area contributed by atoms with E-state index in [0.717, 1.165) is 25.2 Å². The third-order valence-electron chi connectivity index (χ3n) is 3.85. The van der Waals surface area contributed by atoms with Gasteiger partial charge in [0.05, 0.1) is 0 Å². The fraction of sp³-hybridized carbons (Fsp3) is 0.294. The summed E-state index contributed by atoms with van der Waals surface area (Å²) in [4.78, 5) is 0. The van der Waals surface area contributed by atoms with Crippen LogP contribution in [0.5, 0.6) is 5.75 Å². The van der Waals surface area contributed by atoms with Gasteiger partial charge in [0.15, 0.2) is 0 Å². The van der Waals surface area contributed by atoms with Gasteiger partial charge in [-0.25, -0.2) is 0 Å². The SMILES string of the molecule is Cc1ccc(NCC2NCCc3cc(O)ccc32)cc1. The Morgan fingerprint density at radius 2 is 2.00 bits per heavy atom. The summed E-state index contributed by atoms with van der Waals surface area (Å²) in [5.74, 6) is 0.357. The zero-order valence-corrected chi connectivity index (χ0v) is 11.7. The molecule has 1 aliphatic rings. The van der Waals surface area contributed by atoms with E-state index in [9.17, 15) is 5.11 Å². The van der Waals surface area contributed by atoms with E-state index in [1.807, 2.05) is 12.1 Å². The molecule has 3 N–H and O–H groups in total. The minimum absolute atomic E-state index is 0.292. The summed E-state index contributed by atoms with van der Waals surface area (Å²) in [6, 6.07) is 14.4. The first-order valence-corrected chi connectivity index (χ1v) is 7.08. The lowest BCUT2D eigenvalue weighted by Crippen LogP contribution is -2.34. The van der Waals surface area contributed by atoms with Crippen molar-refractivity contribution in [2.24, 2.45) is 0 Å². The first-order valence-electron chi connectivity index (χ1n) is 7.08. The lowest BCUT2D eigenvalue weighted by molar-refractivity contribution is 0.469. The van der Waals surface area contributed by atoms with Gasteiger partial charge in [0.2, 0.25) is 0 Å². The van der Waals surface area contributed by atoms with Crippen molar-refractivity contribution in [2.75, 3.05) is 18.4 Å². The van der Waals surface area contributed by atoms with Crippen molar-refractivity contribution in [1.29, 1.82) is 0 Å². The van der Waals surface area contributed by atoms with Gasteiger partial charge in [-0.2, -0.15) is 0 Å². The molecule has 2 aromatic carbocycles. The van der Waals surface area contributed by atoms with E-state index >= 15 is 0 Å². The van der Waals surface area contributed by atoms with Crippen molar-refractivity contribution in [1.82, 2.24) is 5.32 Å². The van der Waals surface area contributed by atoms with Crippen LogP contribution in [-0.4, -0.2) is 18.2 Å². The first-order chi connectivity index (χ1) is 9.72. The van der Waals surface area contributed by atoms with E-state index in [1.54, 1.807) is 6.07 Å². The number of aryl methyl sites for hydroxylation is 1. The van der Waals surface area contributed by atoms with E-state index < -0.39 is 0 Å². The topological polar surface area (TPSA) is 44.3 Å². The molecule has 0 bridgehead atoms. The van der Waals surface area contributed by atoms with Crippen molar-refractivity contribution < 1.29 is 5.11 Å². The highest BCUT2D eigenvalue weighted by Crippen LogP contribution is 2.26. The van der Waals surface area contributed by atoms with Crippen LogP contribution in [0.2, 0.25) is 0 Å². The predicted octanol–water partition coefficient (Wildman–Crippen LogP) is 3.00. The van der Waals surface area contributed by atoms with Crippen LogP contribution < -0.4 is 10.6 Å². The van der Waals surface area contributed by atoms with E-state index in [2.05, 4.69) is 41.8 Å². The molecule has 1 heterocycles. The van der Waals surface area contributed by atoms with Crippen molar-refractivity contribution in [3.63, 3.8) is 0 Å². The molecule has 20 heavy (non-hydrogen) atoms. The number of rotatable bonds is 3. The first kappa shape index (κ1) is 13.0. The molecule has 1 unspecified atom stereocenters. The monoisotopic (exact) mass is 268 g/mol. The Morgan fingerprint density at radius 1 is 1.20 bits per heavy atom. The van der Waals surface area contributed by atoms with Crippen LogP contribution in [0.25, 0.3) is 0 Å². The predicted molar refractivity (Wildman–Crippen MR) is 82.2 cm³/mol. The minimum Gasteiger partial charge on any atom is -0.508 e. The van der Waals surface area contributed by atoms with Gasteiger partial charge in [-0.1, -0.05) is 23.8 Å². The largest absolute Gasteiger partial charge is 0.508 e. The normalized spacial score (nSPS) is 17.6. The summed E-state index contributed by atoms with van der Waals surface area (Å²) in [5.41, 5.74) is 4.95. The highest BCUT2D eigenvalue weighted by Gasteiger charge is 2.19. The van der Waals surface area contributed by atoms with E-state index in [1.165, 1.54) is 16.7 Å². The Kier molecular flexibility index (Phi) is 3.61. The van der Waals surface area contributed by atoms with Gasteiger partial charge in [0.1, 0.15) is 5.75 Å². The maximum absolute atomic E-state index is 9.57. The summed E-state index contributed by atoms with van der Waals surface area (Å²) in [7, 11) is 0. The quantitative estimate of drug-likeness (QED) is 0.802. The molecule has 3 nitrogen and oxygen atoms in total. The van der Waals surface area contributed by atoms with Gasteiger partial charge in [-0.05, 0) is 55.3 Å². The Bertz CT molecular complexity index is 592. The molecule has 2 aromatic rings. The number of nitrogens with one attached hydrogen (secondary N) is 2. The number of phenolic OH excluding ortho intramolecular Hbond substituents is 1. The molecule has 1 aliphatic heterocycles. The maximum Gasteiger partial charge on any atom is 0.115 e. The molecule has 104 valence electrons. The summed E-state index contributed by atoms with van der Waals surface area (Å²) >= 11 is 0. The molecule has 3 heteroatoms. The van der Waals surface area contributed by atoms with Crippen LogP contribution in [0.4, 0.5) is 5.69 Å². The summed E-state index contributed by atoms with van der Waals surface area (Å²) < 4.78 is 0. The smallest absolute Gasteiger partial charge is 0.115 e. The Morgan fingerprint density at radius 3 is 2.80 bits per heavy atom. The van der Waals surface area contributed by atoms with Gasteiger partial charge >= 0.3 is 0 Å². The number of fused-ring (bicyclic) bond motifs is 1. The number of benzene rings is 2. The third-order valence-corrected chi connectivity index (χ3v) is 3.85. The number of hydrogen-bond acceptors (Lipinski definition) is 3. The zero-order chi connectivity index (χ0) is 13.9. The number of phenols is 1. The molecule has 1 atom stereocenters. The van der Waals surface area contributed by atoms with Crippen LogP contribution in [0.3, 0.4) is 0 Å². The van der Waals surface area contributed by atoms with Gasteiger partial charge in [-0.15, -0.1) is 0 Å². The number of anilines is 1. The molecule has 0 amide bonds.